The van der Waals surface area contributed by atoms with Gasteiger partial charge in [-0.2, -0.15) is 0 Å². The third kappa shape index (κ3) is 4.28. The van der Waals surface area contributed by atoms with E-state index in [0.29, 0.717) is 0 Å². The molecule has 0 fully saturated rings. The Labute approximate surface area is 114 Å². The third-order valence-electron chi connectivity index (χ3n) is 1.63. The fourth-order valence-corrected chi connectivity index (χ4v) is 2.47. The summed E-state index contributed by atoms with van der Waals surface area (Å²) < 4.78 is 29.8. The highest BCUT2D eigenvalue weighted by Gasteiger charge is 2.20. The summed E-state index contributed by atoms with van der Waals surface area (Å²) in [6, 6.07) is 0. The number of nitrogens with one attached hydrogen (secondary N) is 1. The summed E-state index contributed by atoms with van der Waals surface area (Å²) in [6.07, 6.45) is 1.08. The SMILES string of the molecule is CCOC(=O)CS(=O)(=O)Nc1c(Cl)ncnc1Cl. The fraction of sp³-hybridized carbons (Fsp3) is 0.375. The molecule has 18 heavy (non-hydrogen) atoms. The van der Waals surface area contributed by atoms with Crippen LogP contribution in [0.25, 0.3) is 0 Å². The Hall–Kier alpha value is -1.12. The lowest BCUT2D eigenvalue weighted by molar-refractivity contribution is -0.139. The summed E-state index contributed by atoms with van der Waals surface area (Å²) in [5.41, 5.74) is -0.176. The van der Waals surface area contributed by atoms with Gasteiger partial charge in [-0.1, -0.05) is 23.2 Å². The van der Waals surface area contributed by atoms with Gasteiger partial charge in [0.25, 0.3) is 0 Å². The molecule has 1 aromatic heterocycles. The highest BCUT2D eigenvalue weighted by atomic mass is 35.5. The third-order valence-corrected chi connectivity index (χ3v) is 3.33. The lowest BCUT2D eigenvalue weighted by atomic mass is 10.6. The average Bonchev–Trinajstić information content (AvgIpc) is 2.23. The first-order valence-electron chi connectivity index (χ1n) is 4.68. The predicted molar refractivity (Wildman–Crippen MR) is 66.1 cm³/mol. The van der Waals surface area contributed by atoms with Crippen molar-refractivity contribution in [2.24, 2.45) is 0 Å². The summed E-state index contributed by atoms with van der Waals surface area (Å²) >= 11 is 11.3. The minimum Gasteiger partial charge on any atom is -0.465 e. The average molecular weight is 314 g/mol. The van der Waals surface area contributed by atoms with Crippen LogP contribution in [0.1, 0.15) is 6.92 Å². The van der Waals surface area contributed by atoms with Gasteiger partial charge in [-0.15, -0.1) is 0 Å². The Morgan fingerprint density at radius 3 is 2.44 bits per heavy atom. The summed E-state index contributed by atoms with van der Waals surface area (Å²) in [4.78, 5) is 18.2. The first-order valence-corrected chi connectivity index (χ1v) is 7.08. The second-order valence-corrected chi connectivity index (χ2v) is 5.43. The molecule has 0 saturated carbocycles. The minimum atomic E-state index is -3.97. The largest absolute Gasteiger partial charge is 0.465 e. The van der Waals surface area contributed by atoms with E-state index in [9.17, 15) is 13.2 Å². The second-order valence-electron chi connectivity index (χ2n) is 3.00. The number of ether oxygens (including phenoxy) is 1. The van der Waals surface area contributed by atoms with Crippen LogP contribution in [-0.2, 0) is 19.6 Å². The van der Waals surface area contributed by atoms with Crippen molar-refractivity contribution in [2.45, 2.75) is 6.92 Å². The van der Waals surface area contributed by atoms with Crippen molar-refractivity contribution >= 4 is 44.9 Å². The molecule has 1 aromatic rings. The number of nitrogens with zero attached hydrogens (tertiary/aromatic N) is 2. The van der Waals surface area contributed by atoms with Crippen molar-refractivity contribution in [3.8, 4) is 0 Å². The van der Waals surface area contributed by atoms with E-state index < -0.39 is 21.7 Å². The van der Waals surface area contributed by atoms with Crippen molar-refractivity contribution < 1.29 is 17.9 Å². The summed E-state index contributed by atoms with van der Waals surface area (Å²) in [5, 5.41) is -0.329. The van der Waals surface area contributed by atoms with Crippen LogP contribution in [0.4, 0.5) is 5.69 Å². The fourth-order valence-electron chi connectivity index (χ4n) is 0.978. The van der Waals surface area contributed by atoms with Gasteiger partial charge in [-0.05, 0) is 6.92 Å². The highest BCUT2D eigenvalue weighted by molar-refractivity contribution is 7.93. The number of carbonyl (C=O) groups excluding carboxylic acids is 1. The van der Waals surface area contributed by atoms with Crippen molar-refractivity contribution in [2.75, 3.05) is 17.1 Å². The van der Waals surface area contributed by atoms with Crippen molar-refractivity contribution in [1.82, 2.24) is 9.97 Å². The van der Waals surface area contributed by atoms with E-state index in [0.717, 1.165) is 6.33 Å². The Morgan fingerprint density at radius 2 is 1.94 bits per heavy atom. The first-order chi connectivity index (χ1) is 8.35. The number of sulfonamides is 1. The monoisotopic (exact) mass is 313 g/mol. The number of hydrogen-bond donors (Lipinski definition) is 1. The molecule has 1 rings (SSSR count). The van der Waals surface area contributed by atoms with E-state index in [4.69, 9.17) is 23.2 Å². The number of hydrogen-bond acceptors (Lipinski definition) is 6. The van der Waals surface area contributed by atoms with Gasteiger partial charge in [-0.25, -0.2) is 18.4 Å². The number of halogens is 2. The molecule has 0 spiro atoms. The molecule has 0 aliphatic rings. The molecule has 0 aliphatic heterocycles. The number of aromatic nitrogens is 2. The number of anilines is 1. The lowest BCUT2D eigenvalue weighted by Gasteiger charge is -2.09. The molecule has 0 unspecified atom stereocenters. The van der Waals surface area contributed by atoms with Gasteiger partial charge in [0.1, 0.15) is 12.0 Å². The van der Waals surface area contributed by atoms with Gasteiger partial charge in [-0.3, -0.25) is 9.52 Å². The lowest BCUT2D eigenvalue weighted by Crippen LogP contribution is -2.24. The van der Waals surface area contributed by atoms with Gasteiger partial charge < -0.3 is 4.74 Å². The van der Waals surface area contributed by atoms with E-state index in [1.807, 2.05) is 4.72 Å². The Balaban J connectivity index is 2.86. The summed E-state index contributed by atoms with van der Waals surface area (Å²) in [6.45, 7) is 1.65. The molecule has 7 nitrogen and oxygen atoms in total. The molecule has 0 bridgehead atoms. The van der Waals surface area contributed by atoms with Crippen LogP contribution in [0.2, 0.25) is 10.3 Å². The predicted octanol–water partition coefficient (Wildman–Crippen LogP) is 1.09. The van der Waals surface area contributed by atoms with Crippen LogP contribution in [0, 0.1) is 0 Å². The van der Waals surface area contributed by atoms with Gasteiger partial charge in [0.15, 0.2) is 16.1 Å². The molecule has 0 saturated heterocycles. The molecule has 0 atom stereocenters. The quantitative estimate of drug-likeness (QED) is 0.645. The Morgan fingerprint density at radius 1 is 1.39 bits per heavy atom. The zero-order chi connectivity index (χ0) is 13.8. The van der Waals surface area contributed by atoms with Gasteiger partial charge in [0.2, 0.25) is 10.0 Å². The standard InChI is InChI=1S/C8H9Cl2N3O4S/c1-2-17-5(14)3-18(15,16)13-6-7(9)11-4-12-8(6)10/h4,13H,2-3H2,1H3. The van der Waals surface area contributed by atoms with Crippen molar-refractivity contribution in [3.05, 3.63) is 16.6 Å². The number of esters is 1. The van der Waals surface area contributed by atoms with E-state index in [1.165, 1.54) is 0 Å². The maximum absolute atomic E-state index is 11.6. The van der Waals surface area contributed by atoms with Gasteiger partial charge in [0, 0.05) is 0 Å². The van der Waals surface area contributed by atoms with Crippen LogP contribution in [-0.4, -0.2) is 36.7 Å². The van der Waals surface area contributed by atoms with E-state index in [1.54, 1.807) is 6.92 Å². The molecule has 0 radical (unpaired) electrons. The Kier molecular flexibility index (Phi) is 5.12. The molecule has 1 heterocycles. The number of rotatable bonds is 5. The van der Waals surface area contributed by atoms with E-state index >= 15 is 0 Å². The van der Waals surface area contributed by atoms with Crippen LogP contribution in [0.15, 0.2) is 6.33 Å². The highest BCUT2D eigenvalue weighted by Crippen LogP contribution is 2.26. The van der Waals surface area contributed by atoms with Crippen molar-refractivity contribution in [1.29, 1.82) is 0 Å². The topological polar surface area (TPSA) is 98.2 Å². The maximum Gasteiger partial charge on any atom is 0.323 e. The van der Waals surface area contributed by atoms with Crippen LogP contribution >= 0.6 is 23.2 Å². The molecule has 10 heteroatoms. The normalized spacial score (nSPS) is 11.1. The Bertz CT molecular complexity index is 529. The maximum atomic E-state index is 11.6. The molecule has 0 aromatic carbocycles. The molecular formula is C8H9Cl2N3O4S. The number of carbonyl (C=O) groups is 1. The van der Waals surface area contributed by atoms with Crippen LogP contribution in [0.5, 0.6) is 0 Å². The van der Waals surface area contributed by atoms with E-state index in [-0.39, 0.29) is 22.6 Å². The zero-order valence-electron chi connectivity index (χ0n) is 9.18. The van der Waals surface area contributed by atoms with Gasteiger partial charge in [0.05, 0.1) is 6.61 Å². The molecular weight excluding hydrogens is 305 g/mol. The molecule has 0 amide bonds. The van der Waals surface area contributed by atoms with Crippen LogP contribution in [0.3, 0.4) is 0 Å². The summed E-state index contributed by atoms with van der Waals surface area (Å²) in [7, 11) is -3.97. The molecule has 1 N–H and O–H groups in total. The molecule has 100 valence electrons. The summed E-state index contributed by atoms with van der Waals surface area (Å²) in [5.74, 6) is -1.73. The smallest absolute Gasteiger partial charge is 0.323 e. The van der Waals surface area contributed by atoms with Gasteiger partial charge >= 0.3 is 5.97 Å². The van der Waals surface area contributed by atoms with E-state index in [2.05, 4.69) is 14.7 Å². The van der Waals surface area contributed by atoms with Crippen LogP contribution < -0.4 is 4.72 Å². The van der Waals surface area contributed by atoms with Crippen molar-refractivity contribution in [3.63, 3.8) is 0 Å². The zero-order valence-corrected chi connectivity index (χ0v) is 11.5. The first kappa shape index (κ1) is 14.9. The minimum absolute atomic E-state index is 0.0876. The second kappa shape index (κ2) is 6.17. The molecule has 0 aliphatic carbocycles.